The predicted octanol–water partition coefficient (Wildman–Crippen LogP) is 0.187. The Morgan fingerprint density at radius 2 is 1.50 bits per heavy atom. The number of piperidine rings is 1. The van der Waals surface area contributed by atoms with E-state index in [1.807, 2.05) is 0 Å². The smallest absolute Gasteiger partial charge is 0.277 e. The summed E-state index contributed by atoms with van der Waals surface area (Å²) >= 11 is 0. The Hall–Kier alpha value is -0.170. The van der Waals surface area contributed by atoms with E-state index >= 15 is 0 Å². The monoisotopic (exact) mass is 247 g/mol. The van der Waals surface area contributed by atoms with Crippen molar-refractivity contribution in [1.82, 2.24) is 9.62 Å². The van der Waals surface area contributed by atoms with Crippen LogP contribution in [0.4, 0.5) is 0 Å². The van der Waals surface area contributed by atoms with Crippen molar-refractivity contribution in [1.29, 1.82) is 0 Å². The fourth-order valence-electron chi connectivity index (χ4n) is 2.93. The van der Waals surface area contributed by atoms with E-state index in [0.29, 0.717) is 0 Å². The van der Waals surface area contributed by atoms with Gasteiger partial charge in [0.2, 0.25) is 0 Å². The van der Waals surface area contributed by atoms with Crippen molar-refractivity contribution < 1.29 is 8.42 Å². The van der Waals surface area contributed by atoms with Crippen molar-refractivity contribution in [3.8, 4) is 0 Å². The van der Waals surface area contributed by atoms with Gasteiger partial charge in [-0.15, -0.1) is 0 Å². The van der Waals surface area contributed by atoms with Crippen molar-refractivity contribution >= 4 is 10.2 Å². The minimum Gasteiger partial charge on any atom is -0.317 e. The van der Waals surface area contributed by atoms with Gasteiger partial charge in [-0.05, 0) is 38.8 Å². The van der Waals surface area contributed by atoms with Crippen molar-refractivity contribution in [2.24, 2.45) is 5.14 Å². The quantitative estimate of drug-likeness (QED) is 0.747. The number of rotatable bonds is 3. The minimum atomic E-state index is -3.54. The van der Waals surface area contributed by atoms with Gasteiger partial charge in [0.1, 0.15) is 0 Å². The molecule has 5 nitrogen and oxygen atoms in total. The summed E-state index contributed by atoms with van der Waals surface area (Å²) < 4.78 is 25.0. The van der Waals surface area contributed by atoms with E-state index in [1.165, 1.54) is 0 Å². The standard InChI is InChI=1S/C10H21N3O2S/c11-16(14,15)13(9-3-1-2-4-9)10-5-7-12-8-6-10/h9-10,12H,1-8H2,(H2,11,14,15). The van der Waals surface area contributed by atoms with E-state index in [0.717, 1.165) is 51.6 Å². The third-order valence-electron chi connectivity index (χ3n) is 3.65. The molecule has 1 saturated carbocycles. The van der Waals surface area contributed by atoms with Crippen LogP contribution >= 0.6 is 0 Å². The fraction of sp³-hybridized carbons (Fsp3) is 1.00. The summed E-state index contributed by atoms with van der Waals surface area (Å²) in [6, 6.07) is 0.262. The Kier molecular flexibility index (Phi) is 3.84. The molecule has 1 heterocycles. The predicted molar refractivity (Wildman–Crippen MR) is 63.1 cm³/mol. The summed E-state index contributed by atoms with van der Waals surface area (Å²) in [6.07, 6.45) is 5.96. The number of nitrogens with one attached hydrogen (secondary N) is 1. The van der Waals surface area contributed by atoms with Gasteiger partial charge in [0.25, 0.3) is 10.2 Å². The first-order chi connectivity index (χ1) is 7.59. The van der Waals surface area contributed by atoms with Crippen LogP contribution in [0.15, 0.2) is 0 Å². The average Bonchev–Trinajstić information content (AvgIpc) is 2.71. The highest BCUT2D eigenvalue weighted by Gasteiger charge is 2.35. The topological polar surface area (TPSA) is 75.4 Å². The second kappa shape index (κ2) is 5.00. The van der Waals surface area contributed by atoms with E-state index < -0.39 is 10.2 Å². The normalized spacial score (nSPS) is 25.4. The van der Waals surface area contributed by atoms with Crippen LogP contribution in [-0.4, -0.2) is 37.9 Å². The van der Waals surface area contributed by atoms with Crippen LogP contribution in [-0.2, 0) is 10.2 Å². The van der Waals surface area contributed by atoms with Gasteiger partial charge < -0.3 is 5.32 Å². The van der Waals surface area contributed by atoms with Crippen LogP contribution in [0.1, 0.15) is 38.5 Å². The van der Waals surface area contributed by atoms with Crippen LogP contribution in [0.5, 0.6) is 0 Å². The van der Waals surface area contributed by atoms with Gasteiger partial charge in [-0.25, -0.2) is 5.14 Å². The highest BCUT2D eigenvalue weighted by atomic mass is 32.2. The fourth-order valence-corrected chi connectivity index (χ4v) is 4.19. The van der Waals surface area contributed by atoms with Gasteiger partial charge >= 0.3 is 0 Å². The van der Waals surface area contributed by atoms with Crippen molar-refractivity contribution in [2.75, 3.05) is 13.1 Å². The lowest BCUT2D eigenvalue weighted by molar-refractivity contribution is 0.210. The first kappa shape index (κ1) is 12.3. The summed E-state index contributed by atoms with van der Waals surface area (Å²) in [4.78, 5) is 0. The Morgan fingerprint density at radius 3 is 2.00 bits per heavy atom. The van der Waals surface area contributed by atoms with E-state index in [-0.39, 0.29) is 12.1 Å². The lowest BCUT2D eigenvalue weighted by Gasteiger charge is -2.36. The molecule has 0 aromatic heterocycles. The van der Waals surface area contributed by atoms with Crippen molar-refractivity contribution in [3.63, 3.8) is 0 Å². The third kappa shape index (κ3) is 2.74. The molecule has 0 amide bonds. The highest BCUT2D eigenvalue weighted by Crippen LogP contribution is 2.28. The van der Waals surface area contributed by atoms with Crippen LogP contribution < -0.4 is 10.5 Å². The molecule has 2 rings (SSSR count). The van der Waals surface area contributed by atoms with E-state index in [9.17, 15) is 8.42 Å². The maximum atomic E-state index is 11.7. The maximum absolute atomic E-state index is 11.7. The lowest BCUT2D eigenvalue weighted by atomic mass is 10.1. The minimum absolute atomic E-state index is 0.111. The zero-order valence-electron chi connectivity index (χ0n) is 9.56. The van der Waals surface area contributed by atoms with Crippen LogP contribution in [0, 0.1) is 0 Å². The van der Waals surface area contributed by atoms with Crippen LogP contribution in [0.3, 0.4) is 0 Å². The number of nitrogens with two attached hydrogens (primary N) is 1. The molecule has 1 aliphatic heterocycles. The molecule has 0 spiro atoms. The summed E-state index contributed by atoms with van der Waals surface area (Å²) in [5.74, 6) is 0. The molecule has 2 fully saturated rings. The molecular weight excluding hydrogens is 226 g/mol. The van der Waals surface area contributed by atoms with E-state index in [1.54, 1.807) is 4.31 Å². The molecule has 0 atom stereocenters. The van der Waals surface area contributed by atoms with Gasteiger partial charge in [-0.3, -0.25) is 0 Å². The van der Waals surface area contributed by atoms with E-state index in [4.69, 9.17) is 5.14 Å². The van der Waals surface area contributed by atoms with Gasteiger partial charge in [0.05, 0.1) is 0 Å². The lowest BCUT2D eigenvalue weighted by Crippen LogP contribution is -2.52. The second-order valence-corrected chi connectivity index (χ2v) is 6.25. The molecule has 94 valence electrons. The third-order valence-corrected chi connectivity index (χ3v) is 4.83. The first-order valence-corrected chi connectivity index (χ1v) is 7.61. The molecule has 2 aliphatic rings. The van der Waals surface area contributed by atoms with Gasteiger partial charge in [-0.2, -0.15) is 12.7 Å². The molecule has 0 aromatic rings. The SMILES string of the molecule is NS(=O)(=O)N(C1CCCC1)C1CCNCC1. The van der Waals surface area contributed by atoms with Crippen LogP contribution in [0.25, 0.3) is 0 Å². The second-order valence-electron chi connectivity index (χ2n) is 4.79. The summed E-state index contributed by atoms with van der Waals surface area (Å²) in [5, 5.41) is 8.62. The summed E-state index contributed by atoms with van der Waals surface area (Å²) in [5.41, 5.74) is 0. The summed E-state index contributed by atoms with van der Waals surface area (Å²) in [6.45, 7) is 1.78. The van der Waals surface area contributed by atoms with Crippen molar-refractivity contribution in [2.45, 2.75) is 50.6 Å². The van der Waals surface area contributed by atoms with Gasteiger partial charge in [-0.1, -0.05) is 12.8 Å². The molecule has 0 aromatic carbocycles. The molecule has 0 radical (unpaired) electrons. The molecule has 0 unspecified atom stereocenters. The molecule has 0 bridgehead atoms. The molecular formula is C10H21N3O2S. The largest absolute Gasteiger partial charge is 0.317 e. The number of hydrogen-bond donors (Lipinski definition) is 2. The van der Waals surface area contributed by atoms with Crippen LogP contribution in [0.2, 0.25) is 0 Å². The molecule has 1 aliphatic carbocycles. The Bertz CT molecular complexity index is 319. The first-order valence-electron chi connectivity index (χ1n) is 6.11. The zero-order chi connectivity index (χ0) is 11.6. The van der Waals surface area contributed by atoms with Gasteiger partial charge in [0, 0.05) is 12.1 Å². The molecule has 6 heteroatoms. The van der Waals surface area contributed by atoms with Crippen molar-refractivity contribution in [3.05, 3.63) is 0 Å². The Balaban J connectivity index is 2.13. The Morgan fingerprint density at radius 1 is 1.00 bits per heavy atom. The molecule has 3 N–H and O–H groups in total. The Labute approximate surface area is 97.6 Å². The average molecular weight is 247 g/mol. The zero-order valence-corrected chi connectivity index (χ0v) is 10.4. The summed E-state index contributed by atoms with van der Waals surface area (Å²) in [7, 11) is -3.54. The van der Waals surface area contributed by atoms with E-state index in [2.05, 4.69) is 5.32 Å². The highest BCUT2D eigenvalue weighted by molar-refractivity contribution is 7.86. The molecule has 1 saturated heterocycles. The van der Waals surface area contributed by atoms with Gasteiger partial charge in [0.15, 0.2) is 0 Å². The maximum Gasteiger partial charge on any atom is 0.277 e. The number of nitrogens with zero attached hydrogens (tertiary/aromatic N) is 1. The number of hydrogen-bond acceptors (Lipinski definition) is 3. The molecule has 16 heavy (non-hydrogen) atoms.